The number of hydrogen-bond acceptors (Lipinski definition) is 0. The molecule has 0 aliphatic carbocycles. The second-order valence-corrected chi connectivity index (χ2v) is 5.29. The molecule has 0 saturated carbocycles. The van der Waals surface area contributed by atoms with Gasteiger partial charge in [0.15, 0.2) is 0 Å². The third kappa shape index (κ3) is 12.1. The van der Waals surface area contributed by atoms with E-state index in [0.717, 1.165) is 0 Å². The lowest BCUT2D eigenvalue weighted by Crippen LogP contribution is -1.92. The van der Waals surface area contributed by atoms with Crippen molar-refractivity contribution in [3.05, 3.63) is 5.92 Å². The maximum atomic E-state index is 2.35. The van der Waals surface area contributed by atoms with Crippen molar-refractivity contribution in [1.29, 1.82) is 0 Å². The monoisotopic (exact) mass is 225 g/mol. The number of unbranched alkanes of at least 4 members (excludes halogenated alkanes) is 8. The highest BCUT2D eigenvalue weighted by atomic mass is 14.1. The van der Waals surface area contributed by atoms with Crippen LogP contribution < -0.4 is 0 Å². The van der Waals surface area contributed by atoms with Crippen LogP contribution in [0.25, 0.3) is 0 Å². The predicted molar refractivity (Wildman–Crippen MR) is 75.7 cm³/mol. The Labute approximate surface area is 104 Å². The normalized spacial score (nSPS) is 11.2. The second kappa shape index (κ2) is 13.1. The minimum absolute atomic E-state index is 1.35. The van der Waals surface area contributed by atoms with Gasteiger partial charge in [-0.1, -0.05) is 85.0 Å². The van der Waals surface area contributed by atoms with E-state index in [2.05, 4.69) is 20.8 Å². The molecule has 0 heteroatoms. The van der Waals surface area contributed by atoms with Crippen molar-refractivity contribution in [2.24, 2.45) is 0 Å². The molecular weight excluding hydrogens is 192 g/mol. The highest BCUT2D eigenvalue weighted by molar-refractivity contribution is 4.82. The predicted octanol–water partition coefficient (Wildman–Crippen LogP) is 6.30. The van der Waals surface area contributed by atoms with Crippen LogP contribution in [-0.4, -0.2) is 0 Å². The summed E-state index contributed by atoms with van der Waals surface area (Å²) < 4.78 is 0. The Morgan fingerprint density at radius 3 is 1.50 bits per heavy atom. The molecule has 0 fully saturated rings. The number of rotatable bonds is 12. The Hall–Kier alpha value is 0. The molecule has 0 N–H and O–H groups in total. The molecule has 16 heavy (non-hydrogen) atoms. The molecule has 0 saturated heterocycles. The lowest BCUT2D eigenvalue weighted by molar-refractivity contribution is 0.561. The van der Waals surface area contributed by atoms with Gasteiger partial charge in [0.2, 0.25) is 0 Å². The van der Waals surface area contributed by atoms with Gasteiger partial charge in [0.1, 0.15) is 0 Å². The minimum atomic E-state index is 1.35. The summed E-state index contributed by atoms with van der Waals surface area (Å²) in [6.45, 7) is 6.92. The van der Waals surface area contributed by atoms with Gasteiger partial charge in [-0.15, -0.1) is 0 Å². The van der Waals surface area contributed by atoms with Crippen molar-refractivity contribution in [3.63, 3.8) is 0 Å². The zero-order chi connectivity index (χ0) is 12.1. The smallest absolute Gasteiger partial charge is 0.0272 e. The summed E-state index contributed by atoms with van der Waals surface area (Å²) in [4.78, 5) is 0. The van der Waals surface area contributed by atoms with E-state index in [9.17, 15) is 0 Å². The molecule has 0 unspecified atom stereocenters. The molecule has 0 aliphatic heterocycles. The van der Waals surface area contributed by atoms with Crippen LogP contribution in [0.3, 0.4) is 0 Å². The molecule has 0 bridgehead atoms. The topological polar surface area (TPSA) is 0 Å². The Kier molecular flexibility index (Phi) is 13.1. The fraction of sp³-hybridized carbons (Fsp3) is 0.938. The van der Waals surface area contributed by atoms with Gasteiger partial charge in [0.25, 0.3) is 0 Å². The van der Waals surface area contributed by atoms with Crippen LogP contribution in [0.1, 0.15) is 97.8 Å². The quantitative estimate of drug-likeness (QED) is 0.342. The fourth-order valence-electron chi connectivity index (χ4n) is 2.19. The van der Waals surface area contributed by atoms with E-state index in [1.165, 1.54) is 77.0 Å². The van der Waals surface area contributed by atoms with Crippen molar-refractivity contribution in [1.82, 2.24) is 0 Å². The minimum Gasteiger partial charge on any atom is -0.0654 e. The summed E-state index contributed by atoms with van der Waals surface area (Å²) in [7, 11) is 0. The molecule has 0 rings (SSSR count). The van der Waals surface area contributed by atoms with Crippen molar-refractivity contribution in [2.75, 3.05) is 0 Å². The van der Waals surface area contributed by atoms with E-state index in [4.69, 9.17) is 0 Å². The van der Waals surface area contributed by atoms with Crippen LogP contribution in [-0.2, 0) is 0 Å². The average Bonchev–Trinajstić information content (AvgIpc) is 2.28. The van der Waals surface area contributed by atoms with Crippen LogP contribution in [0.4, 0.5) is 0 Å². The van der Waals surface area contributed by atoms with Gasteiger partial charge in [-0.3, -0.25) is 0 Å². The van der Waals surface area contributed by atoms with Gasteiger partial charge in [0.05, 0.1) is 0 Å². The van der Waals surface area contributed by atoms with Gasteiger partial charge < -0.3 is 0 Å². The van der Waals surface area contributed by atoms with E-state index in [-0.39, 0.29) is 0 Å². The molecule has 1 radical (unpaired) electrons. The Balaban J connectivity index is 3.06. The summed E-state index contributed by atoms with van der Waals surface area (Å²) in [5.74, 6) is 1.74. The molecule has 0 aromatic rings. The summed E-state index contributed by atoms with van der Waals surface area (Å²) in [5, 5.41) is 0. The van der Waals surface area contributed by atoms with Crippen LogP contribution in [0.15, 0.2) is 0 Å². The van der Waals surface area contributed by atoms with Gasteiger partial charge in [0, 0.05) is 0 Å². The van der Waals surface area contributed by atoms with Gasteiger partial charge in [-0.05, 0) is 18.8 Å². The molecule has 0 aliphatic rings. The second-order valence-electron chi connectivity index (χ2n) is 5.29. The van der Waals surface area contributed by atoms with Gasteiger partial charge in [-0.2, -0.15) is 0 Å². The van der Waals surface area contributed by atoms with Crippen molar-refractivity contribution in [3.8, 4) is 0 Å². The van der Waals surface area contributed by atoms with Crippen LogP contribution in [0.2, 0.25) is 0 Å². The van der Waals surface area contributed by atoms with Gasteiger partial charge >= 0.3 is 0 Å². The van der Waals surface area contributed by atoms with Crippen molar-refractivity contribution < 1.29 is 0 Å². The van der Waals surface area contributed by atoms with Crippen LogP contribution in [0, 0.1) is 5.92 Å². The molecule has 0 heterocycles. The first kappa shape index (κ1) is 16.0. The van der Waals surface area contributed by atoms with E-state index >= 15 is 0 Å². The maximum Gasteiger partial charge on any atom is -0.0272 e. The zero-order valence-electron chi connectivity index (χ0n) is 12.0. The first-order chi connectivity index (χ1) is 7.81. The third-order valence-electron chi connectivity index (χ3n) is 3.41. The fourth-order valence-corrected chi connectivity index (χ4v) is 2.19. The molecule has 0 nitrogen and oxygen atoms in total. The van der Waals surface area contributed by atoms with E-state index in [1.54, 1.807) is 5.92 Å². The number of hydrogen-bond donors (Lipinski definition) is 0. The molecule has 0 spiro atoms. The third-order valence-corrected chi connectivity index (χ3v) is 3.41. The average molecular weight is 225 g/mol. The summed E-state index contributed by atoms with van der Waals surface area (Å²) in [6, 6.07) is 0. The molecule has 0 aromatic heterocycles. The summed E-state index contributed by atoms with van der Waals surface area (Å²) in [5.41, 5.74) is 0. The van der Waals surface area contributed by atoms with Crippen LogP contribution in [0.5, 0.6) is 0 Å². The summed E-state index contributed by atoms with van der Waals surface area (Å²) >= 11 is 0. The van der Waals surface area contributed by atoms with E-state index in [1.807, 2.05) is 0 Å². The lowest BCUT2D eigenvalue weighted by Gasteiger charge is -2.09. The SMILES string of the molecule is CCCCCCCCC[C](C)CCCCC. The molecule has 0 amide bonds. The molecule has 97 valence electrons. The Morgan fingerprint density at radius 1 is 0.562 bits per heavy atom. The Morgan fingerprint density at radius 2 is 0.938 bits per heavy atom. The van der Waals surface area contributed by atoms with Crippen LogP contribution >= 0.6 is 0 Å². The first-order valence-electron chi connectivity index (χ1n) is 7.62. The first-order valence-corrected chi connectivity index (χ1v) is 7.62. The van der Waals surface area contributed by atoms with Gasteiger partial charge in [-0.25, -0.2) is 0 Å². The lowest BCUT2D eigenvalue weighted by atomic mass is 9.96. The molecule has 0 aromatic carbocycles. The van der Waals surface area contributed by atoms with E-state index in [0.29, 0.717) is 0 Å². The highest BCUT2D eigenvalue weighted by Crippen LogP contribution is 2.19. The Bertz CT molecular complexity index is 117. The highest BCUT2D eigenvalue weighted by Gasteiger charge is 2.01. The molecular formula is C16H33. The van der Waals surface area contributed by atoms with Crippen molar-refractivity contribution in [2.45, 2.75) is 97.8 Å². The largest absolute Gasteiger partial charge is 0.0654 e. The molecule has 0 atom stereocenters. The maximum absolute atomic E-state index is 2.35. The van der Waals surface area contributed by atoms with E-state index < -0.39 is 0 Å². The van der Waals surface area contributed by atoms with Crippen molar-refractivity contribution >= 4 is 0 Å². The summed E-state index contributed by atoms with van der Waals surface area (Å²) in [6.07, 6.45) is 17.0. The zero-order valence-corrected chi connectivity index (χ0v) is 12.0. The standard InChI is InChI=1S/C16H33/c1-4-6-8-9-10-11-13-15-16(3)14-12-7-5-2/h4-15H2,1-3H3.